The first-order valence-corrected chi connectivity index (χ1v) is 24.8. The van der Waals surface area contributed by atoms with E-state index >= 15 is 0 Å². The fraction of sp³-hybridized carbons (Fsp3) is 0.750. The summed E-state index contributed by atoms with van der Waals surface area (Å²) in [6, 6.07) is 19.0. The molecule has 0 aliphatic carbocycles. The van der Waals surface area contributed by atoms with E-state index in [-0.39, 0.29) is 0 Å². The molecule has 0 spiro atoms. The first-order valence-electron chi connectivity index (χ1n) is 22.8. The smallest absolute Gasteiger partial charge is 0.494 e. The van der Waals surface area contributed by atoms with Crippen LogP contribution in [0.3, 0.4) is 0 Å². The predicted octanol–water partition coefficient (Wildman–Crippen LogP) is 11.5. The summed E-state index contributed by atoms with van der Waals surface area (Å²) in [5.74, 6) is 0.870. The summed E-state index contributed by atoms with van der Waals surface area (Å²) in [4.78, 5) is 0. The van der Waals surface area contributed by atoms with E-state index in [2.05, 4.69) is 35.0 Å². The number of quaternary nitrogens is 2. The molecule has 0 aliphatic heterocycles. The largest absolute Gasteiger partial charge is 0.500 e. The zero-order chi connectivity index (χ0) is 41.0. The quantitative estimate of drug-likeness (QED) is 0.0423. The van der Waals surface area contributed by atoms with E-state index in [4.69, 9.17) is 18.0 Å². The van der Waals surface area contributed by atoms with Gasteiger partial charge in [0.25, 0.3) is 0 Å². The van der Waals surface area contributed by atoms with Crippen molar-refractivity contribution in [2.45, 2.75) is 154 Å². The van der Waals surface area contributed by atoms with Crippen molar-refractivity contribution in [3.63, 3.8) is 0 Å². The lowest BCUT2D eigenvalue weighted by Crippen LogP contribution is -2.53. The van der Waals surface area contributed by atoms with Gasteiger partial charge in [0.15, 0.2) is 0 Å². The number of benzene rings is 2. The van der Waals surface area contributed by atoms with Crippen LogP contribution in [0.2, 0.25) is 6.04 Å². The second-order valence-electron chi connectivity index (χ2n) is 17.6. The van der Waals surface area contributed by atoms with E-state index in [1.165, 1.54) is 127 Å². The van der Waals surface area contributed by atoms with E-state index in [0.29, 0.717) is 6.42 Å². The van der Waals surface area contributed by atoms with Gasteiger partial charge in [-0.1, -0.05) is 121 Å². The van der Waals surface area contributed by atoms with Gasteiger partial charge >= 0.3 is 8.80 Å². The normalized spacial score (nSPS) is 14.4. The Hall–Kier alpha value is -1.78. The van der Waals surface area contributed by atoms with Crippen LogP contribution < -0.4 is 4.74 Å². The molecule has 56 heavy (non-hydrogen) atoms. The molecule has 2 aromatic rings. The van der Waals surface area contributed by atoms with Gasteiger partial charge in [0.2, 0.25) is 0 Å². The van der Waals surface area contributed by atoms with E-state index in [1.807, 2.05) is 54.6 Å². The molecule has 8 heteroatoms. The predicted molar refractivity (Wildman–Crippen MR) is 239 cm³/mol. The number of nitrogens with zero attached hydrogens (tertiary/aromatic N) is 2. The zero-order valence-electron chi connectivity index (χ0n) is 37.8. The van der Waals surface area contributed by atoms with Crippen LogP contribution in [-0.4, -0.2) is 105 Å². The molecule has 0 radical (unpaired) electrons. The first kappa shape index (κ1) is 50.4. The van der Waals surface area contributed by atoms with Gasteiger partial charge in [0.1, 0.15) is 24.4 Å². The number of likely N-dealkylation sites (N-methyl/N-ethyl adjacent to an activating group) is 2. The van der Waals surface area contributed by atoms with Crippen molar-refractivity contribution in [3.05, 3.63) is 65.7 Å². The molecule has 7 nitrogen and oxygen atoms in total. The highest BCUT2D eigenvalue weighted by atomic mass is 28.4. The van der Waals surface area contributed by atoms with Crippen molar-refractivity contribution in [1.29, 1.82) is 0 Å². The topological polar surface area (TPSA) is 57.2 Å². The molecule has 0 saturated heterocycles. The van der Waals surface area contributed by atoms with Gasteiger partial charge < -0.3 is 32.1 Å². The number of ether oxygens (including phenoxy) is 1. The van der Waals surface area contributed by atoms with Crippen molar-refractivity contribution in [3.8, 4) is 5.75 Å². The standard InChI is InChI=1S/C48H88N2O5Si/c1-9-11-12-13-14-15-16-17-19-28-40-50(5,38-10-2)42-41-49(3,4)39-27-20-21-29-43-55-47-35-33-46(34-36-47)48(51,45-31-24-23-25-32-45)37-26-18-22-30-44-56(52-6,53-7)54-8/h23-25,31-36,51H,9-22,26-30,37-44H2,1-8H3/q+2. The molecule has 0 bridgehead atoms. The van der Waals surface area contributed by atoms with Crippen molar-refractivity contribution < 1.29 is 32.1 Å². The van der Waals surface area contributed by atoms with Gasteiger partial charge in [-0.2, -0.15) is 0 Å². The number of hydrogen-bond donors (Lipinski definition) is 1. The Kier molecular flexibility index (Phi) is 25.7. The summed E-state index contributed by atoms with van der Waals surface area (Å²) in [7, 11) is 9.85. The average Bonchev–Trinajstić information content (AvgIpc) is 3.21. The number of unbranched alkanes of at least 4 members (excludes halogenated alkanes) is 15. The number of rotatable bonds is 36. The molecular weight excluding hydrogens is 713 g/mol. The Morgan fingerprint density at radius 3 is 1.62 bits per heavy atom. The van der Waals surface area contributed by atoms with Crippen LogP contribution in [0.1, 0.15) is 153 Å². The van der Waals surface area contributed by atoms with Gasteiger partial charge in [0.05, 0.1) is 47.4 Å². The lowest BCUT2D eigenvalue weighted by Gasteiger charge is -2.38. The van der Waals surface area contributed by atoms with Crippen LogP contribution >= 0.6 is 0 Å². The van der Waals surface area contributed by atoms with Crippen molar-refractivity contribution >= 4 is 8.80 Å². The Bertz CT molecular complexity index is 1220. The third-order valence-corrected chi connectivity index (χ3v) is 15.1. The number of hydrogen-bond acceptors (Lipinski definition) is 5. The Morgan fingerprint density at radius 1 is 0.518 bits per heavy atom. The molecule has 0 amide bonds. The zero-order valence-corrected chi connectivity index (χ0v) is 38.8. The van der Waals surface area contributed by atoms with Crippen LogP contribution in [0.25, 0.3) is 0 Å². The molecule has 0 aliphatic rings. The molecule has 1 N–H and O–H groups in total. The summed E-state index contributed by atoms with van der Waals surface area (Å²) in [5.41, 5.74) is 0.795. The Morgan fingerprint density at radius 2 is 1.04 bits per heavy atom. The van der Waals surface area contributed by atoms with Gasteiger partial charge in [-0.25, -0.2) is 0 Å². The van der Waals surface area contributed by atoms with Crippen molar-refractivity contribution in [1.82, 2.24) is 0 Å². The lowest BCUT2D eigenvalue weighted by atomic mass is 9.82. The SMILES string of the molecule is CCCCCCCCCCCC[N+](C)(CCC)CC[N+](C)(C)CCCCCCOc1ccc(C(O)(CCCCCC[Si](OC)(OC)OC)c2ccccc2)cc1. The van der Waals surface area contributed by atoms with Crippen LogP contribution in [0.5, 0.6) is 5.75 Å². The highest BCUT2D eigenvalue weighted by molar-refractivity contribution is 6.60. The monoisotopic (exact) mass is 801 g/mol. The minimum atomic E-state index is -2.53. The number of aliphatic hydroxyl groups is 1. The fourth-order valence-corrected chi connectivity index (χ4v) is 10.1. The van der Waals surface area contributed by atoms with Crippen LogP contribution in [-0.2, 0) is 18.9 Å². The van der Waals surface area contributed by atoms with E-state index in [0.717, 1.165) is 66.1 Å². The maximum Gasteiger partial charge on any atom is 0.500 e. The molecular formula is C48H88N2O5Si+2. The molecule has 0 saturated carbocycles. The van der Waals surface area contributed by atoms with E-state index < -0.39 is 14.4 Å². The third-order valence-electron chi connectivity index (χ3n) is 12.3. The maximum absolute atomic E-state index is 12.1. The molecule has 0 aromatic heterocycles. The van der Waals surface area contributed by atoms with Gasteiger partial charge in [-0.15, -0.1) is 0 Å². The van der Waals surface area contributed by atoms with Crippen LogP contribution in [0, 0.1) is 0 Å². The minimum Gasteiger partial charge on any atom is -0.494 e. The van der Waals surface area contributed by atoms with Crippen LogP contribution in [0.4, 0.5) is 0 Å². The van der Waals surface area contributed by atoms with E-state index in [9.17, 15) is 5.11 Å². The lowest BCUT2D eigenvalue weighted by molar-refractivity contribution is -0.955. The second-order valence-corrected chi connectivity index (χ2v) is 20.7. The molecule has 2 unspecified atom stereocenters. The van der Waals surface area contributed by atoms with Gasteiger partial charge in [0, 0.05) is 27.4 Å². The summed E-state index contributed by atoms with van der Waals surface area (Å²) in [6.45, 7) is 11.8. The summed E-state index contributed by atoms with van der Waals surface area (Å²) < 4.78 is 25.2. The Labute approximate surface area is 347 Å². The van der Waals surface area contributed by atoms with Crippen molar-refractivity contribution in [2.75, 3.05) is 81.8 Å². The molecule has 0 fully saturated rings. The summed E-state index contributed by atoms with van der Waals surface area (Å²) >= 11 is 0. The summed E-state index contributed by atoms with van der Waals surface area (Å²) in [5, 5.41) is 12.1. The molecule has 0 heterocycles. The summed E-state index contributed by atoms with van der Waals surface area (Å²) in [6.07, 6.45) is 24.8. The Balaban J connectivity index is 1.70. The second kappa shape index (κ2) is 28.6. The van der Waals surface area contributed by atoms with Crippen LogP contribution in [0.15, 0.2) is 54.6 Å². The van der Waals surface area contributed by atoms with E-state index in [1.54, 1.807) is 21.3 Å². The van der Waals surface area contributed by atoms with Gasteiger partial charge in [-0.05, 0) is 87.5 Å². The molecule has 2 aromatic carbocycles. The molecule has 2 atom stereocenters. The maximum atomic E-state index is 12.1. The first-order chi connectivity index (χ1) is 27.0. The highest BCUT2D eigenvalue weighted by Crippen LogP contribution is 2.36. The minimum absolute atomic E-state index is 0.657. The van der Waals surface area contributed by atoms with Gasteiger partial charge in [-0.3, -0.25) is 0 Å². The third kappa shape index (κ3) is 19.8. The fourth-order valence-electron chi connectivity index (χ4n) is 8.29. The average molecular weight is 801 g/mol. The highest BCUT2D eigenvalue weighted by Gasteiger charge is 2.37. The molecule has 322 valence electrons. The molecule has 2 rings (SSSR count). The van der Waals surface area contributed by atoms with Crippen molar-refractivity contribution in [2.24, 2.45) is 0 Å².